The molecule has 1 aliphatic heterocycles. The first kappa shape index (κ1) is 14.1. The molecule has 1 aromatic carbocycles. The molecular formula is C14H21NO4. The van der Waals surface area contributed by atoms with Crippen LogP contribution in [0.3, 0.4) is 0 Å². The van der Waals surface area contributed by atoms with Gasteiger partial charge in [-0.2, -0.15) is 0 Å². The van der Waals surface area contributed by atoms with Crippen LogP contribution in [0.25, 0.3) is 0 Å². The summed E-state index contributed by atoms with van der Waals surface area (Å²) in [5.41, 5.74) is 7.00. The largest absolute Gasteiger partial charge is 0.496 e. The summed E-state index contributed by atoms with van der Waals surface area (Å²) in [7, 11) is 3.24. The molecule has 5 heteroatoms. The van der Waals surface area contributed by atoms with Crippen LogP contribution < -0.4 is 15.2 Å². The molecule has 1 unspecified atom stereocenters. The highest BCUT2D eigenvalue weighted by molar-refractivity contribution is 5.51. The van der Waals surface area contributed by atoms with Gasteiger partial charge in [-0.25, -0.2) is 0 Å². The molecule has 0 radical (unpaired) electrons. The second-order valence-electron chi connectivity index (χ2n) is 4.92. The van der Waals surface area contributed by atoms with Crippen molar-refractivity contribution in [3.8, 4) is 11.5 Å². The van der Waals surface area contributed by atoms with Crippen LogP contribution in [0.1, 0.15) is 11.1 Å². The molecule has 5 nitrogen and oxygen atoms in total. The van der Waals surface area contributed by atoms with Gasteiger partial charge in [0.15, 0.2) is 0 Å². The van der Waals surface area contributed by atoms with E-state index in [2.05, 4.69) is 0 Å². The molecule has 2 rings (SSSR count). The monoisotopic (exact) mass is 267 g/mol. The molecule has 1 fully saturated rings. The number of hydrogen-bond donors (Lipinski definition) is 2. The number of ether oxygens (including phenoxy) is 3. The maximum Gasteiger partial charge on any atom is 0.123 e. The van der Waals surface area contributed by atoms with E-state index in [9.17, 15) is 5.11 Å². The predicted octanol–water partition coefficient (Wildman–Crippen LogP) is 0.600. The lowest BCUT2D eigenvalue weighted by Gasteiger charge is -2.45. The van der Waals surface area contributed by atoms with Crippen molar-refractivity contribution in [1.29, 1.82) is 0 Å². The summed E-state index contributed by atoms with van der Waals surface area (Å²) in [6.45, 7) is 3.01. The lowest BCUT2D eigenvalue weighted by atomic mass is 9.73. The van der Waals surface area contributed by atoms with Crippen molar-refractivity contribution in [3.05, 3.63) is 23.3 Å². The van der Waals surface area contributed by atoms with Crippen LogP contribution in [0.5, 0.6) is 11.5 Å². The van der Waals surface area contributed by atoms with E-state index in [1.807, 2.05) is 19.1 Å². The molecule has 1 aliphatic rings. The van der Waals surface area contributed by atoms with Crippen LogP contribution in [-0.4, -0.2) is 45.2 Å². The van der Waals surface area contributed by atoms with E-state index in [1.165, 1.54) is 0 Å². The average molecular weight is 267 g/mol. The molecule has 19 heavy (non-hydrogen) atoms. The number of aryl methyl sites for hydroxylation is 1. The number of methoxy groups -OCH3 is 2. The van der Waals surface area contributed by atoms with Crippen LogP contribution in [0.4, 0.5) is 0 Å². The van der Waals surface area contributed by atoms with Crippen LogP contribution in [0.2, 0.25) is 0 Å². The van der Waals surface area contributed by atoms with Gasteiger partial charge in [0.25, 0.3) is 0 Å². The first-order valence-corrected chi connectivity index (χ1v) is 6.28. The molecule has 0 aliphatic carbocycles. The average Bonchev–Trinajstić information content (AvgIpc) is 2.38. The summed E-state index contributed by atoms with van der Waals surface area (Å²) >= 11 is 0. The standard InChI is InChI=1S/C14H21NO4/c1-9-4-12(18-3)10(5-11(9)17-2)14(7-19-8-14)13(16)6-15/h4-5,13,16H,6-8,15H2,1-3H3. The van der Waals surface area contributed by atoms with Gasteiger partial charge in [0.05, 0.1) is 39.0 Å². The van der Waals surface area contributed by atoms with E-state index in [-0.39, 0.29) is 6.54 Å². The Labute approximate surface area is 113 Å². The van der Waals surface area contributed by atoms with E-state index in [1.54, 1.807) is 14.2 Å². The van der Waals surface area contributed by atoms with Crippen molar-refractivity contribution in [1.82, 2.24) is 0 Å². The van der Waals surface area contributed by atoms with Gasteiger partial charge in [-0.1, -0.05) is 0 Å². The van der Waals surface area contributed by atoms with Crippen LogP contribution in [0, 0.1) is 6.92 Å². The minimum absolute atomic E-state index is 0.183. The second-order valence-corrected chi connectivity index (χ2v) is 4.92. The Kier molecular flexibility index (Phi) is 3.99. The van der Waals surface area contributed by atoms with Gasteiger partial charge in [0.1, 0.15) is 11.5 Å². The SMILES string of the molecule is COc1cc(C2(C(O)CN)COC2)c(OC)cc1C. The van der Waals surface area contributed by atoms with Gasteiger partial charge in [0, 0.05) is 12.1 Å². The summed E-state index contributed by atoms with van der Waals surface area (Å²) in [6.07, 6.45) is -0.664. The molecule has 106 valence electrons. The highest BCUT2D eigenvalue weighted by atomic mass is 16.5. The van der Waals surface area contributed by atoms with Gasteiger partial charge in [-0.15, -0.1) is 0 Å². The molecule has 0 spiro atoms. The smallest absolute Gasteiger partial charge is 0.123 e. The predicted molar refractivity (Wildman–Crippen MR) is 71.8 cm³/mol. The fraction of sp³-hybridized carbons (Fsp3) is 0.571. The molecule has 0 aromatic heterocycles. The number of hydrogen-bond acceptors (Lipinski definition) is 5. The third kappa shape index (κ3) is 2.18. The van der Waals surface area contributed by atoms with E-state index in [0.717, 1.165) is 22.6 Å². The molecule has 0 amide bonds. The van der Waals surface area contributed by atoms with E-state index < -0.39 is 11.5 Å². The molecule has 1 atom stereocenters. The van der Waals surface area contributed by atoms with Crippen molar-refractivity contribution in [2.45, 2.75) is 18.4 Å². The van der Waals surface area contributed by atoms with E-state index in [4.69, 9.17) is 19.9 Å². The minimum Gasteiger partial charge on any atom is -0.496 e. The maximum atomic E-state index is 10.2. The number of aliphatic hydroxyl groups is 1. The molecule has 1 heterocycles. The minimum atomic E-state index is -0.664. The molecule has 1 saturated heterocycles. The lowest BCUT2D eigenvalue weighted by Crippen LogP contribution is -2.57. The first-order chi connectivity index (χ1) is 9.08. The second kappa shape index (κ2) is 5.36. The van der Waals surface area contributed by atoms with Gasteiger partial charge >= 0.3 is 0 Å². The molecule has 1 aromatic rings. The Morgan fingerprint density at radius 3 is 2.37 bits per heavy atom. The molecule has 0 bridgehead atoms. The summed E-state index contributed by atoms with van der Waals surface area (Å²) in [4.78, 5) is 0. The van der Waals surface area contributed by atoms with Crippen LogP contribution in [0.15, 0.2) is 12.1 Å². The number of rotatable bonds is 5. The van der Waals surface area contributed by atoms with Crippen LogP contribution in [-0.2, 0) is 10.2 Å². The Hall–Kier alpha value is -1.30. The lowest BCUT2D eigenvalue weighted by molar-refractivity contribution is -0.117. The van der Waals surface area contributed by atoms with E-state index in [0.29, 0.717) is 13.2 Å². The Bertz CT molecular complexity index is 457. The first-order valence-electron chi connectivity index (χ1n) is 6.28. The zero-order valence-corrected chi connectivity index (χ0v) is 11.6. The van der Waals surface area contributed by atoms with Gasteiger partial charge in [-0.05, 0) is 24.6 Å². The third-order valence-corrected chi connectivity index (χ3v) is 3.83. The summed E-state index contributed by atoms with van der Waals surface area (Å²) in [5, 5.41) is 10.2. The fourth-order valence-corrected chi connectivity index (χ4v) is 2.51. The summed E-state index contributed by atoms with van der Waals surface area (Å²) < 4.78 is 16.1. The van der Waals surface area contributed by atoms with Crippen molar-refractivity contribution in [2.24, 2.45) is 5.73 Å². The molecular weight excluding hydrogens is 246 g/mol. The van der Waals surface area contributed by atoms with E-state index >= 15 is 0 Å². The van der Waals surface area contributed by atoms with Gasteiger partial charge in [0.2, 0.25) is 0 Å². The quantitative estimate of drug-likeness (QED) is 0.817. The third-order valence-electron chi connectivity index (χ3n) is 3.83. The Balaban J connectivity index is 2.53. The number of benzene rings is 1. The zero-order valence-electron chi connectivity index (χ0n) is 11.6. The van der Waals surface area contributed by atoms with Gasteiger partial charge < -0.3 is 25.1 Å². The molecule has 3 N–H and O–H groups in total. The van der Waals surface area contributed by atoms with Gasteiger partial charge in [-0.3, -0.25) is 0 Å². The van der Waals surface area contributed by atoms with Crippen molar-refractivity contribution in [3.63, 3.8) is 0 Å². The summed E-state index contributed by atoms with van der Waals surface area (Å²) in [6, 6.07) is 3.83. The normalized spacial score (nSPS) is 18.6. The summed E-state index contributed by atoms with van der Waals surface area (Å²) in [5.74, 6) is 1.50. The topological polar surface area (TPSA) is 73.9 Å². The number of aliphatic hydroxyl groups excluding tert-OH is 1. The fourth-order valence-electron chi connectivity index (χ4n) is 2.51. The highest BCUT2D eigenvalue weighted by Crippen LogP contribution is 2.43. The zero-order chi connectivity index (χ0) is 14.0. The highest BCUT2D eigenvalue weighted by Gasteiger charge is 2.48. The van der Waals surface area contributed by atoms with Crippen LogP contribution >= 0.6 is 0 Å². The molecule has 0 saturated carbocycles. The van der Waals surface area contributed by atoms with Crippen molar-refractivity contribution < 1.29 is 19.3 Å². The van der Waals surface area contributed by atoms with Crippen molar-refractivity contribution in [2.75, 3.05) is 34.0 Å². The maximum absolute atomic E-state index is 10.2. The van der Waals surface area contributed by atoms with Crippen molar-refractivity contribution >= 4 is 0 Å². The Morgan fingerprint density at radius 1 is 1.32 bits per heavy atom. The Morgan fingerprint density at radius 2 is 1.95 bits per heavy atom. The number of nitrogens with two attached hydrogens (primary N) is 1.